The molecule has 1 heterocycles. The highest BCUT2D eigenvalue weighted by atomic mass is 35.5. The summed E-state index contributed by atoms with van der Waals surface area (Å²) in [5, 5.41) is 0.447. The van der Waals surface area contributed by atoms with E-state index in [0.717, 1.165) is 5.56 Å². The van der Waals surface area contributed by atoms with E-state index in [1.807, 2.05) is 48.5 Å². The van der Waals surface area contributed by atoms with Gasteiger partial charge in [-0.15, -0.1) is 0 Å². The molecule has 0 fully saturated rings. The van der Waals surface area contributed by atoms with Crippen molar-refractivity contribution in [3.63, 3.8) is 0 Å². The number of benzene rings is 2. The summed E-state index contributed by atoms with van der Waals surface area (Å²) in [6.45, 7) is 0. The Morgan fingerprint density at radius 2 is 1.41 bits per heavy atom. The molecule has 0 amide bonds. The van der Waals surface area contributed by atoms with E-state index in [1.54, 1.807) is 12.1 Å². The second kappa shape index (κ2) is 6.50. The van der Waals surface area contributed by atoms with Crippen molar-refractivity contribution in [3.05, 3.63) is 95.0 Å². The quantitative estimate of drug-likeness (QED) is 0.680. The van der Waals surface area contributed by atoms with E-state index in [0.29, 0.717) is 16.4 Å². The number of carbonyl (C=O) groups is 1. The number of halogens is 1. The Bertz CT molecular complexity index is 758. The number of ketones is 1. The fraction of sp³-hybridized carbons (Fsp3) is 0.0556. The zero-order valence-corrected chi connectivity index (χ0v) is 12.4. The summed E-state index contributed by atoms with van der Waals surface area (Å²) in [6, 6.07) is 18.7. The smallest absolute Gasteiger partial charge is 0.177 e. The van der Waals surface area contributed by atoms with E-state index in [9.17, 15) is 4.79 Å². The molecule has 0 saturated heterocycles. The van der Waals surface area contributed by atoms with Gasteiger partial charge in [0.2, 0.25) is 0 Å². The molecule has 3 nitrogen and oxygen atoms in total. The molecule has 108 valence electrons. The van der Waals surface area contributed by atoms with E-state index < -0.39 is 5.92 Å². The van der Waals surface area contributed by atoms with Crippen LogP contribution in [0.2, 0.25) is 5.02 Å². The summed E-state index contributed by atoms with van der Waals surface area (Å²) in [5.41, 5.74) is 1.49. The molecule has 1 unspecified atom stereocenters. The molecule has 3 rings (SSSR count). The first-order valence-corrected chi connectivity index (χ1v) is 7.25. The summed E-state index contributed by atoms with van der Waals surface area (Å²) in [6.07, 6.45) is 3.02. The predicted molar refractivity (Wildman–Crippen MR) is 86.1 cm³/mol. The number of Topliss-reactive ketones (excluding diaryl/α,β-unsaturated/α-hetero) is 1. The molecule has 0 aliphatic rings. The van der Waals surface area contributed by atoms with Crippen LogP contribution in [0.15, 0.2) is 73.1 Å². The highest BCUT2D eigenvalue weighted by molar-refractivity contribution is 6.30. The topological polar surface area (TPSA) is 42.9 Å². The van der Waals surface area contributed by atoms with Crippen LogP contribution in [0.3, 0.4) is 0 Å². The van der Waals surface area contributed by atoms with Gasteiger partial charge < -0.3 is 0 Å². The summed E-state index contributed by atoms with van der Waals surface area (Å²) in [5.74, 6) is -0.126. The summed E-state index contributed by atoms with van der Waals surface area (Å²) < 4.78 is 0. The first-order chi connectivity index (χ1) is 10.8. The number of carbonyl (C=O) groups excluding carboxylic acids is 1. The molecule has 4 heteroatoms. The molecular weight excluding hydrogens is 296 g/mol. The number of nitrogens with zero attached hydrogens (tertiary/aromatic N) is 2. The van der Waals surface area contributed by atoms with Crippen LogP contribution in [-0.4, -0.2) is 15.8 Å². The Morgan fingerprint density at radius 1 is 0.864 bits per heavy atom. The van der Waals surface area contributed by atoms with Crippen LogP contribution in [0.5, 0.6) is 0 Å². The Kier molecular flexibility index (Phi) is 4.26. The fourth-order valence-corrected chi connectivity index (χ4v) is 2.40. The van der Waals surface area contributed by atoms with Crippen LogP contribution in [0.4, 0.5) is 0 Å². The predicted octanol–water partition coefficient (Wildman–Crippen LogP) is 4.14. The van der Waals surface area contributed by atoms with Crippen LogP contribution in [0.25, 0.3) is 0 Å². The molecule has 0 radical (unpaired) electrons. The van der Waals surface area contributed by atoms with E-state index in [1.165, 1.54) is 12.4 Å². The molecule has 2 aromatic carbocycles. The SMILES string of the molecule is O=C(c1ccccc1)C(c1ccccc1)c1ncc(Cl)cn1. The van der Waals surface area contributed by atoms with Crippen LogP contribution in [-0.2, 0) is 0 Å². The van der Waals surface area contributed by atoms with Crippen molar-refractivity contribution in [2.24, 2.45) is 0 Å². The molecule has 1 aromatic heterocycles. The Balaban J connectivity index is 2.07. The maximum absolute atomic E-state index is 12.9. The van der Waals surface area contributed by atoms with Crippen molar-refractivity contribution in [3.8, 4) is 0 Å². The Hall–Kier alpha value is -2.52. The lowest BCUT2D eigenvalue weighted by Crippen LogP contribution is -2.17. The van der Waals surface area contributed by atoms with E-state index in [2.05, 4.69) is 9.97 Å². The van der Waals surface area contributed by atoms with E-state index in [4.69, 9.17) is 11.6 Å². The summed E-state index contributed by atoms with van der Waals surface area (Å²) >= 11 is 5.85. The van der Waals surface area contributed by atoms with Crippen LogP contribution < -0.4 is 0 Å². The van der Waals surface area contributed by atoms with Crippen LogP contribution in [0, 0.1) is 0 Å². The third kappa shape index (κ3) is 3.05. The lowest BCUT2D eigenvalue weighted by molar-refractivity contribution is 0.0971. The van der Waals surface area contributed by atoms with E-state index in [-0.39, 0.29) is 5.78 Å². The molecule has 0 aliphatic heterocycles. The first kappa shape index (κ1) is 14.4. The molecule has 0 spiro atoms. The van der Waals surface area contributed by atoms with Crippen molar-refractivity contribution in [1.82, 2.24) is 9.97 Å². The lowest BCUT2D eigenvalue weighted by Gasteiger charge is -2.15. The molecule has 0 saturated carbocycles. The maximum atomic E-state index is 12.9. The monoisotopic (exact) mass is 308 g/mol. The van der Waals surface area contributed by atoms with E-state index >= 15 is 0 Å². The minimum Gasteiger partial charge on any atom is -0.293 e. The van der Waals surface area contributed by atoms with Crippen molar-refractivity contribution >= 4 is 17.4 Å². The van der Waals surface area contributed by atoms with Gasteiger partial charge in [-0.1, -0.05) is 72.3 Å². The van der Waals surface area contributed by atoms with Crippen molar-refractivity contribution in [2.75, 3.05) is 0 Å². The second-order valence-corrected chi connectivity index (χ2v) is 5.27. The molecule has 0 aliphatic carbocycles. The zero-order chi connectivity index (χ0) is 15.4. The van der Waals surface area contributed by atoms with Gasteiger partial charge in [-0.2, -0.15) is 0 Å². The van der Waals surface area contributed by atoms with Crippen LogP contribution in [0.1, 0.15) is 27.7 Å². The largest absolute Gasteiger partial charge is 0.293 e. The highest BCUT2D eigenvalue weighted by Gasteiger charge is 2.26. The summed E-state index contributed by atoms with van der Waals surface area (Å²) in [7, 11) is 0. The van der Waals surface area contributed by atoms with Crippen LogP contribution >= 0.6 is 11.6 Å². The van der Waals surface area contributed by atoms with Gasteiger partial charge in [-0.25, -0.2) is 9.97 Å². The molecular formula is C18H13ClN2O. The van der Waals surface area contributed by atoms with Gasteiger partial charge in [0.15, 0.2) is 5.78 Å². The van der Waals surface area contributed by atoms with Crippen molar-refractivity contribution in [2.45, 2.75) is 5.92 Å². The van der Waals surface area contributed by atoms with Gasteiger partial charge in [0, 0.05) is 18.0 Å². The van der Waals surface area contributed by atoms with Gasteiger partial charge in [0.25, 0.3) is 0 Å². The average Bonchev–Trinajstić information content (AvgIpc) is 2.58. The fourth-order valence-electron chi connectivity index (χ4n) is 2.30. The molecule has 1 atom stereocenters. The molecule has 22 heavy (non-hydrogen) atoms. The maximum Gasteiger partial charge on any atom is 0.177 e. The molecule has 0 N–H and O–H groups in total. The third-order valence-electron chi connectivity index (χ3n) is 3.35. The highest BCUT2D eigenvalue weighted by Crippen LogP contribution is 2.26. The first-order valence-electron chi connectivity index (χ1n) is 6.87. The number of rotatable bonds is 4. The van der Waals surface area contributed by atoms with Gasteiger partial charge in [0.1, 0.15) is 11.7 Å². The second-order valence-electron chi connectivity index (χ2n) is 4.83. The van der Waals surface area contributed by atoms with Crippen molar-refractivity contribution in [1.29, 1.82) is 0 Å². The zero-order valence-electron chi connectivity index (χ0n) is 11.7. The molecule has 3 aromatic rings. The van der Waals surface area contributed by atoms with Gasteiger partial charge in [-0.3, -0.25) is 4.79 Å². The Labute approximate surface area is 133 Å². The lowest BCUT2D eigenvalue weighted by atomic mass is 9.90. The van der Waals surface area contributed by atoms with Gasteiger partial charge in [-0.05, 0) is 5.56 Å². The van der Waals surface area contributed by atoms with Crippen molar-refractivity contribution < 1.29 is 4.79 Å². The average molecular weight is 309 g/mol. The van der Waals surface area contributed by atoms with Gasteiger partial charge in [0.05, 0.1) is 5.02 Å². The molecule has 0 bridgehead atoms. The third-order valence-corrected chi connectivity index (χ3v) is 3.55. The number of hydrogen-bond acceptors (Lipinski definition) is 3. The summed E-state index contributed by atoms with van der Waals surface area (Å²) in [4.78, 5) is 21.4. The standard InChI is InChI=1S/C18H13ClN2O/c19-15-11-20-18(21-12-15)16(13-7-3-1-4-8-13)17(22)14-9-5-2-6-10-14/h1-12,16H. The number of aromatic nitrogens is 2. The minimum absolute atomic E-state index is 0.0332. The minimum atomic E-state index is -0.541. The number of hydrogen-bond donors (Lipinski definition) is 0. The Morgan fingerprint density at radius 3 is 2.00 bits per heavy atom. The van der Waals surface area contributed by atoms with Gasteiger partial charge >= 0.3 is 0 Å². The normalized spacial score (nSPS) is 11.9.